The van der Waals surface area contributed by atoms with E-state index in [-0.39, 0.29) is 29.6 Å². The lowest BCUT2D eigenvalue weighted by Crippen LogP contribution is -2.52. The summed E-state index contributed by atoms with van der Waals surface area (Å²) in [6.45, 7) is 7.28. The largest absolute Gasteiger partial charge is 0.322 e. The number of benzene rings is 1. The minimum Gasteiger partial charge on any atom is -0.322 e. The second-order valence-corrected chi connectivity index (χ2v) is 8.19. The predicted octanol–water partition coefficient (Wildman–Crippen LogP) is 0.783. The van der Waals surface area contributed by atoms with E-state index in [0.29, 0.717) is 25.1 Å². The van der Waals surface area contributed by atoms with Crippen molar-refractivity contribution >= 4 is 17.7 Å². The minimum atomic E-state index is -0.563. The van der Waals surface area contributed by atoms with Gasteiger partial charge < -0.3 is 15.5 Å². The summed E-state index contributed by atoms with van der Waals surface area (Å²) in [5.74, 6) is -0.770. The van der Waals surface area contributed by atoms with Crippen LogP contribution in [0.4, 0.5) is 0 Å². The Hall–Kier alpha value is -2.25. The molecule has 1 aromatic rings. The zero-order chi connectivity index (χ0) is 19.6. The SMILES string of the molecule is CNCC(C)(C)CNCc1ccc2c(c1)C(=O)N(C1CCC(=O)NC1=O)C2. The molecule has 2 heterocycles. The number of hydrogen-bond acceptors (Lipinski definition) is 5. The van der Waals surface area contributed by atoms with E-state index >= 15 is 0 Å². The monoisotopic (exact) mass is 372 g/mol. The molecule has 1 aromatic carbocycles. The lowest BCUT2D eigenvalue weighted by molar-refractivity contribution is -0.136. The third-order valence-electron chi connectivity index (χ3n) is 5.18. The summed E-state index contributed by atoms with van der Waals surface area (Å²) < 4.78 is 0. The van der Waals surface area contributed by atoms with Crippen LogP contribution in [0.25, 0.3) is 0 Å². The maximum absolute atomic E-state index is 12.8. The summed E-state index contributed by atoms with van der Waals surface area (Å²) in [5, 5.41) is 8.98. The molecule has 0 radical (unpaired) electrons. The molecule has 0 aromatic heterocycles. The van der Waals surface area contributed by atoms with E-state index in [9.17, 15) is 14.4 Å². The van der Waals surface area contributed by atoms with E-state index in [1.54, 1.807) is 4.90 Å². The molecule has 1 unspecified atom stereocenters. The summed E-state index contributed by atoms with van der Waals surface area (Å²) in [6.07, 6.45) is 0.660. The van der Waals surface area contributed by atoms with Crippen LogP contribution in [0.1, 0.15) is 48.2 Å². The van der Waals surface area contributed by atoms with Crippen LogP contribution in [0, 0.1) is 5.41 Å². The van der Waals surface area contributed by atoms with Gasteiger partial charge in [-0.25, -0.2) is 0 Å². The first-order chi connectivity index (χ1) is 12.8. The van der Waals surface area contributed by atoms with Gasteiger partial charge in [0.25, 0.3) is 5.91 Å². The number of piperidine rings is 1. The Morgan fingerprint density at radius 3 is 2.70 bits per heavy atom. The zero-order valence-corrected chi connectivity index (χ0v) is 16.2. The molecule has 27 heavy (non-hydrogen) atoms. The molecular formula is C20H28N4O3. The molecule has 0 bridgehead atoms. The van der Waals surface area contributed by atoms with Crippen LogP contribution in [-0.4, -0.2) is 48.8 Å². The maximum Gasteiger partial charge on any atom is 0.255 e. The summed E-state index contributed by atoms with van der Waals surface area (Å²) in [4.78, 5) is 37.9. The topological polar surface area (TPSA) is 90.5 Å². The van der Waals surface area contributed by atoms with E-state index < -0.39 is 6.04 Å². The number of fused-ring (bicyclic) bond motifs is 1. The first kappa shape index (κ1) is 19.5. The molecule has 0 spiro atoms. The lowest BCUT2D eigenvalue weighted by Gasteiger charge is -2.29. The van der Waals surface area contributed by atoms with Gasteiger partial charge in [0.2, 0.25) is 11.8 Å². The number of carbonyl (C=O) groups excluding carboxylic acids is 3. The highest BCUT2D eigenvalue weighted by Gasteiger charge is 2.39. The van der Waals surface area contributed by atoms with Crippen LogP contribution in [-0.2, 0) is 22.7 Å². The Labute approximate surface area is 159 Å². The van der Waals surface area contributed by atoms with Gasteiger partial charge in [0, 0.05) is 38.2 Å². The molecule has 2 aliphatic heterocycles. The number of carbonyl (C=O) groups is 3. The fourth-order valence-electron chi connectivity index (χ4n) is 3.80. The molecule has 1 fully saturated rings. The number of imide groups is 1. The van der Waals surface area contributed by atoms with E-state index in [1.807, 2.05) is 25.2 Å². The quantitative estimate of drug-likeness (QED) is 0.616. The summed E-state index contributed by atoms with van der Waals surface area (Å²) in [5.41, 5.74) is 2.79. The second-order valence-electron chi connectivity index (χ2n) is 8.19. The standard InChI is InChI=1S/C20H28N4O3/c1-20(2,11-21-3)12-22-9-13-4-5-14-10-24(19(27)15(14)8-13)16-6-7-17(25)23-18(16)26/h4-5,8,16,21-22H,6-7,9-12H2,1-3H3,(H,23,25,26). The smallest absolute Gasteiger partial charge is 0.255 e. The van der Waals surface area contributed by atoms with Crippen molar-refractivity contribution in [3.05, 3.63) is 34.9 Å². The van der Waals surface area contributed by atoms with Gasteiger partial charge in [0.15, 0.2) is 0 Å². The maximum atomic E-state index is 12.8. The van der Waals surface area contributed by atoms with Gasteiger partial charge in [0.1, 0.15) is 6.04 Å². The first-order valence-electron chi connectivity index (χ1n) is 9.42. The van der Waals surface area contributed by atoms with Crippen LogP contribution in [0.5, 0.6) is 0 Å². The molecule has 146 valence electrons. The number of rotatable bonds is 7. The average Bonchev–Trinajstić information content (AvgIpc) is 2.91. The molecule has 3 amide bonds. The number of hydrogen-bond donors (Lipinski definition) is 3. The second kappa shape index (κ2) is 7.78. The third-order valence-corrected chi connectivity index (χ3v) is 5.18. The highest BCUT2D eigenvalue weighted by molar-refractivity contribution is 6.05. The van der Waals surface area contributed by atoms with Gasteiger partial charge in [-0.2, -0.15) is 0 Å². The number of nitrogens with zero attached hydrogens (tertiary/aromatic N) is 1. The van der Waals surface area contributed by atoms with Crippen LogP contribution >= 0.6 is 0 Å². The molecule has 3 N–H and O–H groups in total. The van der Waals surface area contributed by atoms with Crippen LogP contribution in [0.15, 0.2) is 18.2 Å². The van der Waals surface area contributed by atoms with Crippen molar-refractivity contribution in [2.24, 2.45) is 5.41 Å². The average molecular weight is 372 g/mol. The summed E-state index contributed by atoms with van der Waals surface area (Å²) in [7, 11) is 1.95. The van der Waals surface area contributed by atoms with E-state index in [1.165, 1.54) is 0 Å². The van der Waals surface area contributed by atoms with Crippen molar-refractivity contribution in [1.29, 1.82) is 0 Å². The van der Waals surface area contributed by atoms with E-state index in [0.717, 1.165) is 24.2 Å². The van der Waals surface area contributed by atoms with Gasteiger partial charge in [0.05, 0.1) is 0 Å². The highest BCUT2D eigenvalue weighted by Crippen LogP contribution is 2.28. The van der Waals surface area contributed by atoms with Gasteiger partial charge in [-0.3, -0.25) is 19.7 Å². The van der Waals surface area contributed by atoms with Crippen molar-refractivity contribution in [1.82, 2.24) is 20.9 Å². The van der Waals surface area contributed by atoms with Gasteiger partial charge in [-0.15, -0.1) is 0 Å². The van der Waals surface area contributed by atoms with Crippen molar-refractivity contribution in [3.63, 3.8) is 0 Å². The lowest BCUT2D eigenvalue weighted by atomic mass is 9.93. The Balaban J connectivity index is 1.64. The van der Waals surface area contributed by atoms with E-state index in [2.05, 4.69) is 29.8 Å². The molecule has 2 aliphatic rings. The molecule has 1 saturated heterocycles. The first-order valence-corrected chi connectivity index (χ1v) is 9.42. The van der Waals surface area contributed by atoms with Crippen LogP contribution in [0.2, 0.25) is 0 Å². The summed E-state index contributed by atoms with van der Waals surface area (Å²) in [6, 6.07) is 5.35. The normalized spacial score (nSPS) is 20.0. The fourth-order valence-corrected chi connectivity index (χ4v) is 3.80. The minimum absolute atomic E-state index is 0.128. The highest BCUT2D eigenvalue weighted by atomic mass is 16.2. The Morgan fingerprint density at radius 1 is 1.22 bits per heavy atom. The van der Waals surface area contributed by atoms with E-state index in [4.69, 9.17) is 0 Å². The Morgan fingerprint density at radius 2 is 2.00 bits per heavy atom. The molecule has 0 saturated carbocycles. The third kappa shape index (κ3) is 4.36. The predicted molar refractivity (Wildman–Crippen MR) is 102 cm³/mol. The molecule has 3 rings (SSSR count). The molecule has 7 nitrogen and oxygen atoms in total. The molecule has 7 heteroatoms. The van der Waals surface area contributed by atoms with Crippen LogP contribution < -0.4 is 16.0 Å². The van der Waals surface area contributed by atoms with Crippen molar-refractivity contribution in [2.75, 3.05) is 20.1 Å². The number of amides is 3. The van der Waals surface area contributed by atoms with Gasteiger partial charge >= 0.3 is 0 Å². The van der Waals surface area contributed by atoms with Crippen molar-refractivity contribution in [2.45, 2.75) is 45.8 Å². The van der Waals surface area contributed by atoms with Gasteiger partial charge in [-0.05, 0) is 36.1 Å². The zero-order valence-electron chi connectivity index (χ0n) is 16.2. The van der Waals surface area contributed by atoms with Crippen LogP contribution in [0.3, 0.4) is 0 Å². The Bertz CT molecular complexity index is 760. The summed E-state index contributed by atoms with van der Waals surface area (Å²) >= 11 is 0. The van der Waals surface area contributed by atoms with Crippen molar-refractivity contribution in [3.8, 4) is 0 Å². The van der Waals surface area contributed by atoms with Crippen molar-refractivity contribution < 1.29 is 14.4 Å². The van der Waals surface area contributed by atoms with Gasteiger partial charge in [-0.1, -0.05) is 26.0 Å². The molecule has 0 aliphatic carbocycles. The number of nitrogens with one attached hydrogen (secondary N) is 3. The fraction of sp³-hybridized carbons (Fsp3) is 0.550. The molecular weight excluding hydrogens is 344 g/mol. The Kier molecular flexibility index (Phi) is 5.62. The molecule has 1 atom stereocenters.